The molecule has 0 bridgehead atoms. The largest absolute Gasteiger partial charge is 0.508 e. The number of ketones is 1. The van der Waals surface area contributed by atoms with E-state index >= 15 is 0 Å². The summed E-state index contributed by atoms with van der Waals surface area (Å²) in [6.45, 7) is 0. The first kappa shape index (κ1) is 91.8. The van der Waals surface area contributed by atoms with Crippen LogP contribution in [0.2, 0.25) is 0 Å². The summed E-state index contributed by atoms with van der Waals surface area (Å²) < 4.78 is 48.4. The quantitative estimate of drug-likeness (QED) is 0.0471. The van der Waals surface area contributed by atoms with E-state index in [2.05, 4.69) is 0 Å². The molecule has 18 rings (SSSR count). The maximum Gasteiger partial charge on any atom is 0.402 e. The Labute approximate surface area is 745 Å². The minimum atomic E-state index is -1.05. The summed E-state index contributed by atoms with van der Waals surface area (Å²) in [5, 5.41) is 280. The number of aliphatic hydroxyl groups excluding tert-OH is 1. The van der Waals surface area contributed by atoms with Crippen LogP contribution in [0.4, 0.5) is 0 Å². The van der Waals surface area contributed by atoms with E-state index in [1.165, 1.54) is 118 Å². The third-order valence-corrected chi connectivity index (χ3v) is 20.1. The van der Waals surface area contributed by atoms with Gasteiger partial charge in [0.25, 0.3) is 0 Å². The third-order valence-electron chi connectivity index (χ3n) is 20.1. The average Bonchev–Trinajstić information content (AvgIpc) is 0.813. The minimum absolute atomic E-state index is 0. The number of carbonyl (C=O) groups excluding carboxylic acids is 1. The zero-order chi connectivity index (χ0) is 96.5. The fraction of sp³-hybridized carbons (Fsp3) is 0.0860. The first-order valence-electron chi connectivity index (χ1n) is 38.3. The minimum Gasteiger partial charge on any atom is -0.508 e. The van der Waals surface area contributed by atoms with Crippen molar-refractivity contribution in [1.82, 2.24) is 0 Å². The summed E-state index contributed by atoms with van der Waals surface area (Å²) in [4.78, 5) is 24.2. The molecule has 0 radical (unpaired) electrons. The Morgan fingerprint density at radius 1 is 0.323 bits per heavy atom. The number of benzene rings is 12. The van der Waals surface area contributed by atoms with Gasteiger partial charge in [-0.1, -0.05) is 0 Å². The van der Waals surface area contributed by atoms with Gasteiger partial charge in [-0.3, -0.25) is 9.59 Å². The normalized spacial score (nSPS) is 13.4. The molecule has 6 heterocycles. The first-order chi connectivity index (χ1) is 63.0. The number of ether oxygens (including phenoxy) is 5. The molecule has 16 aromatic rings. The fourth-order valence-electron chi connectivity index (χ4n) is 13.8. The third kappa shape index (κ3) is 19.3. The van der Waals surface area contributed by atoms with Crippen LogP contribution in [0.5, 0.6) is 190 Å². The Balaban J connectivity index is 0.000000155. The van der Waals surface area contributed by atoms with Crippen LogP contribution in [0.3, 0.4) is 0 Å². The second-order valence-electron chi connectivity index (χ2n) is 29.1. The van der Waals surface area contributed by atoms with Crippen LogP contribution in [0.25, 0.3) is 89.2 Å². The molecule has 0 saturated heterocycles. The van der Waals surface area contributed by atoms with Gasteiger partial charge in [0.05, 0.1) is 68.7 Å². The molecule has 40 nitrogen and oxygen atoms in total. The number of phenolic OH excluding ortho intramolecular Hbond substituents is 26. The molecule has 0 spiro atoms. The highest BCUT2D eigenvalue weighted by molar-refractivity contribution is 6.03. The molecule has 688 valence electrons. The number of hydrogen-bond donors (Lipinski definition) is 29. The number of fused-ring (bicyclic) bond motifs is 6. The van der Waals surface area contributed by atoms with Crippen molar-refractivity contribution in [2.24, 2.45) is 0 Å². The Morgan fingerprint density at radius 2 is 0.744 bits per heavy atom. The summed E-state index contributed by atoms with van der Waals surface area (Å²) in [6, 6.07) is 37.9. The monoisotopic (exact) mass is 1840 g/mol. The van der Waals surface area contributed by atoms with Gasteiger partial charge in [0.2, 0.25) is 23.0 Å². The molecule has 3 atom stereocenters. The van der Waals surface area contributed by atoms with Gasteiger partial charge in [-0.05, 0) is 54.6 Å². The summed E-state index contributed by atoms with van der Waals surface area (Å²) in [5.74, 6) is -9.75. The lowest BCUT2D eigenvalue weighted by molar-refractivity contribution is 0.0196. The number of rotatable bonds is 9. The van der Waals surface area contributed by atoms with Crippen molar-refractivity contribution >= 4 is 49.7 Å². The SMILES string of the molecule is COc1cc(-c2[o+]c3cc(O)cc(O)c3cc2O)cc(O)c1O.COc1cc(-c2[o+]c3cc(O)cc(O)c3cc2O)cc(OC)c1O.O=C1C[C@@H](c2cc(O)c(O)c(O)c2)Oc2cc(O)cc(O)c21.O=c1cc(-c2cc(O)c(O)c(O)c2)oc2cc(O)cc(O)c12.Oc1cc(O)c2c(c1)O[C@H](c1cc(O)c(O)c(O)c1)[C@@H](O)C2.Oc1cc(O)c2ccc(-c3ccc(O)c(O)c3)[o+]c2c1.[HH].[HH]. The maximum atomic E-state index is 12.1. The number of phenols is 26. The van der Waals surface area contributed by atoms with Crippen molar-refractivity contribution in [2.75, 3.05) is 21.3 Å². The highest BCUT2D eigenvalue weighted by Crippen LogP contribution is 2.52. The molecule has 0 unspecified atom stereocenters. The average molecular weight is 1840 g/mol. The van der Waals surface area contributed by atoms with Gasteiger partial charge in [-0.15, -0.1) is 0 Å². The zero-order valence-corrected chi connectivity index (χ0v) is 68.4. The second-order valence-corrected chi connectivity index (χ2v) is 29.1. The lowest BCUT2D eigenvalue weighted by atomic mass is 9.93. The molecular weight excluding hydrogens is 1760 g/mol. The van der Waals surface area contributed by atoms with Gasteiger partial charge in [0.1, 0.15) is 125 Å². The molecular formula is C93H79O40+3. The topological polar surface area (TPSA) is 714 Å². The highest BCUT2D eigenvalue weighted by Gasteiger charge is 2.36. The molecule has 4 aromatic heterocycles. The van der Waals surface area contributed by atoms with Crippen molar-refractivity contribution < 1.29 is 197 Å². The molecule has 0 aliphatic carbocycles. The van der Waals surface area contributed by atoms with Crippen molar-refractivity contribution in [1.29, 1.82) is 0 Å². The molecule has 12 aromatic carbocycles. The van der Waals surface area contributed by atoms with Crippen molar-refractivity contribution in [3.63, 3.8) is 0 Å². The van der Waals surface area contributed by atoms with E-state index in [4.69, 9.17) is 41.4 Å². The smallest absolute Gasteiger partial charge is 0.402 e. The standard InChI is InChI=1S/C17H14O7.C16H12O7.C15H14O7.C15H12O7.C15H10O7.C15H10O5.2H2/c1-22-14-3-8(4-15(23-2)16(14)21)17-12(20)7-10-11(19)5-9(18)6-13(10)24-17;1-22-14-3-7(2-11(19)15(14)21)16-12(20)6-9-10(18)4-8(17)5-13(9)23-16;16-7-3-9(17)8-5-12(20)15(22-13(8)4-7)6-1-10(18)14(21)11(19)2-6;2*16-7-3-8(17)14-9(18)5-12(22-13(14)4-7)6-1-10(19)15(21)11(20)2-6;16-9-6-12(18)10-2-4-14(20-15(10)7-9)8-1-3-11(17)13(19)5-8;;/h3-7H,1-2H3,(H3-,18,19,20,21);2-6H,1H3,(H4-,17,18,19,20,21);1-4,12,15-21H,5H2;1-4,12,16-17,19-21H,5H2;1-5,16-17,19-21H;1-7H,(H3-,16,17,18,19);2*1H/p+3/t;;12-,15+;12-;;;;/m..00..../s1. The summed E-state index contributed by atoms with van der Waals surface area (Å²) >= 11 is 0. The van der Waals surface area contributed by atoms with Gasteiger partial charge in [0.15, 0.2) is 104 Å². The van der Waals surface area contributed by atoms with Crippen LogP contribution in [0.15, 0.2) is 204 Å². The van der Waals surface area contributed by atoms with E-state index in [1.807, 2.05) is 0 Å². The number of aromatic hydroxyl groups is 28. The molecule has 2 aliphatic rings. The molecule has 0 fully saturated rings. The Kier molecular flexibility index (Phi) is 25.5. The highest BCUT2D eigenvalue weighted by atomic mass is 16.5. The summed E-state index contributed by atoms with van der Waals surface area (Å²) in [5.41, 5.74) is 2.13. The Hall–Kier alpha value is -18.9. The van der Waals surface area contributed by atoms with E-state index in [1.54, 1.807) is 18.2 Å². The van der Waals surface area contributed by atoms with Crippen LogP contribution in [0.1, 0.15) is 48.5 Å². The van der Waals surface area contributed by atoms with Crippen LogP contribution >= 0.6 is 0 Å². The lowest BCUT2D eigenvalue weighted by Gasteiger charge is -2.31. The number of aliphatic hydroxyl groups is 1. The molecule has 40 heteroatoms. The fourth-order valence-corrected chi connectivity index (χ4v) is 13.8. The van der Waals surface area contributed by atoms with Crippen molar-refractivity contribution in [3.8, 4) is 235 Å². The van der Waals surface area contributed by atoms with E-state index < -0.39 is 98.5 Å². The number of Topliss-reactive ketones (excluding diaryl/α,β-unsaturated/α-hetero) is 1. The summed E-state index contributed by atoms with van der Waals surface area (Å²) in [7, 11) is 4.07. The molecule has 0 amide bonds. The number of carbonyl (C=O) groups is 1. The van der Waals surface area contributed by atoms with Crippen LogP contribution in [-0.4, -0.2) is 181 Å². The van der Waals surface area contributed by atoms with Gasteiger partial charge >= 0.3 is 34.0 Å². The van der Waals surface area contributed by atoms with Gasteiger partial charge < -0.3 is 176 Å². The Bertz CT molecular complexity index is 7290. The number of methoxy groups -OCH3 is 3. The van der Waals surface area contributed by atoms with E-state index in [-0.39, 0.29) is 214 Å². The van der Waals surface area contributed by atoms with Crippen LogP contribution < -0.4 is 29.1 Å². The van der Waals surface area contributed by atoms with Crippen LogP contribution in [-0.2, 0) is 6.42 Å². The van der Waals surface area contributed by atoms with Gasteiger partial charge in [-0.25, -0.2) is 13.3 Å². The van der Waals surface area contributed by atoms with Crippen molar-refractivity contribution in [3.05, 3.63) is 214 Å². The van der Waals surface area contributed by atoms with Crippen LogP contribution in [0, 0.1) is 0 Å². The van der Waals surface area contributed by atoms with E-state index in [0.717, 1.165) is 66.7 Å². The Morgan fingerprint density at radius 3 is 1.26 bits per heavy atom. The van der Waals surface area contributed by atoms with Gasteiger partial charge in [0, 0.05) is 141 Å². The van der Waals surface area contributed by atoms with Gasteiger partial charge in [-0.2, -0.15) is 0 Å². The molecule has 29 N–H and O–H groups in total. The molecule has 2 aliphatic heterocycles. The van der Waals surface area contributed by atoms with E-state index in [9.17, 15) is 158 Å². The predicted molar refractivity (Wildman–Crippen MR) is 468 cm³/mol. The molecule has 133 heavy (non-hydrogen) atoms. The summed E-state index contributed by atoms with van der Waals surface area (Å²) in [6.07, 6.45) is -2.89. The second kappa shape index (κ2) is 37.0. The maximum absolute atomic E-state index is 12.1. The van der Waals surface area contributed by atoms with Crippen molar-refractivity contribution in [2.45, 2.75) is 31.2 Å². The predicted octanol–water partition coefficient (Wildman–Crippen LogP) is 15.0. The number of hydrogen-bond acceptors (Lipinski definition) is 37. The zero-order valence-electron chi connectivity index (χ0n) is 68.4. The lowest BCUT2D eigenvalue weighted by Crippen LogP contribution is -2.30. The van der Waals surface area contributed by atoms with E-state index in [0.29, 0.717) is 33.4 Å². The first-order valence-corrected chi connectivity index (χ1v) is 38.3. The molecule has 0 saturated carbocycles.